The Balaban J connectivity index is 1.29. The van der Waals surface area contributed by atoms with Crippen LogP contribution in [-0.2, 0) is 16.0 Å². The van der Waals surface area contributed by atoms with Gasteiger partial charge in [-0.2, -0.15) is 0 Å². The SMILES string of the molecule is O=C(CCCC(=O)c1cccs1)Nc1ccc2c(c1)CCN2C(=O)C1CC1. The normalized spacial score (nSPS) is 15.5. The van der Waals surface area contributed by atoms with E-state index in [0.717, 1.165) is 47.6 Å². The second-order valence-electron chi connectivity index (χ2n) is 7.16. The highest BCUT2D eigenvalue weighted by Gasteiger charge is 2.36. The Morgan fingerprint density at radius 3 is 2.74 bits per heavy atom. The van der Waals surface area contributed by atoms with Crippen molar-refractivity contribution < 1.29 is 14.4 Å². The molecule has 2 aliphatic rings. The molecule has 0 radical (unpaired) electrons. The molecule has 0 bridgehead atoms. The molecule has 1 fully saturated rings. The van der Waals surface area contributed by atoms with Crippen LogP contribution in [0.15, 0.2) is 35.7 Å². The van der Waals surface area contributed by atoms with Crippen molar-refractivity contribution in [3.8, 4) is 0 Å². The number of rotatable bonds is 7. The fraction of sp³-hybridized carbons (Fsp3) is 0.381. The van der Waals surface area contributed by atoms with Crippen molar-refractivity contribution in [1.29, 1.82) is 0 Å². The summed E-state index contributed by atoms with van der Waals surface area (Å²) in [5.74, 6) is 0.460. The number of fused-ring (bicyclic) bond motifs is 1. The maximum atomic E-state index is 12.3. The molecule has 1 N–H and O–H groups in total. The highest BCUT2D eigenvalue weighted by atomic mass is 32.1. The lowest BCUT2D eigenvalue weighted by molar-refractivity contribution is -0.119. The molecule has 2 heterocycles. The van der Waals surface area contributed by atoms with E-state index in [2.05, 4.69) is 5.32 Å². The van der Waals surface area contributed by atoms with Crippen LogP contribution in [0.2, 0.25) is 0 Å². The van der Waals surface area contributed by atoms with Crippen LogP contribution in [0.3, 0.4) is 0 Å². The summed E-state index contributed by atoms with van der Waals surface area (Å²) in [6.07, 6.45) is 4.09. The second kappa shape index (κ2) is 7.64. The average molecular weight is 382 g/mol. The zero-order chi connectivity index (χ0) is 18.8. The smallest absolute Gasteiger partial charge is 0.230 e. The minimum atomic E-state index is -0.0853. The Labute approximate surface area is 162 Å². The van der Waals surface area contributed by atoms with Crippen molar-refractivity contribution in [2.75, 3.05) is 16.8 Å². The van der Waals surface area contributed by atoms with Crippen LogP contribution in [-0.4, -0.2) is 24.1 Å². The van der Waals surface area contributed by atoms with Gasteiger partial charge >= 0.3 is 0 Å². The quantitative estimate of drug-likeness (QED) is 0.735. The lowest BCUT2D eigenvalue weighted by Gasteiger charge is -2.17. The van der Waals surface area contributed by atoms with Gasteiger partial charge in [-0.15, -0.1) is 11.3 Å². The van der Waals surface area contributed by atoms with E-state index < -0.39 is 0 Å². The molecule has 0 atom stereocenters. The largest absolute Gasteiger partial charge is 0.326 e. The van der Waals surface area contributed by atoms with Gasteiger partial charge in [0, 0.05) is 36.7 Å². The Kier molecular flexibility index (Phi) is 5.07. The third kappa shape index (κ3) is 4.11. The first-order valence-corrected chi connectivity index (χ1v) is 10.3. The summed E-state index contributed by atoms with van der Waals surface area (Å²) in [6.45, 7) is 0.729. The van der Waals surface area contributed by atoms with Gasteiger partial charge in [-0.05, 0) is 60.9 Å². The predicted octanol–water partition coefficient (Wildman–Crippen LogP) is 4.04. The molecule has 2 amide bonds. The van der Waals surface area contributed by atoms with E-state index in [4.69, 9.17) is 0 Å². The van der Waals surface area contributed by atoms with Crippen molar-refractivity contribution in [3.63, 3.8) is 0 Å². The van der Waals surface area contributed by atoms with E-state index in [0.29, 0.717) is 19.3 Å². The van der Waals surface area contributed by atoms with Gasteiger partial charge < -0.3 is 10.2 Å². The van der Waals surface area contributed by atoms with Gasteiger partial charge in [0.2, 0.25) is 11.8 Å². The van der Waals surface area contributed by atoms with Crippen LogP contribution in [0, 0.1) is 5.92 Å². The molecule has 1 saturated carbocycles. The molecule has 1 aliphatic heterocycles. The topological polar surface area (TPSA) is 66.5 Å². The molecule has 140 valence electrons. The first-order valence-electron chi connectivity index (χ1n) is 9.42. The van der Waals surface area contributed by atoms with Crippen molar-refractivity contribution >= 4 is 40.3 Å². The molecule has 0 spiro atoms. The number of nitrogens with zero attached hydrogens (tertiary/aromatic N) is 1. The first-order chi connectivity index (χ1) is 13.1. The zero-order valence-electron chi connectivity index (χ0n) is 15.1. The summed E-state index contributed by atoms with van der Waals surface area (Å²) in [6, 6.07) is 9.42. The molecule has 4 rings (SSSR count). The minimum Gasteiger partial charge on any atom is -0.326 e. The van der Waals surface area contributed by atoms with E-state index in [1.165, 1.54) is 11.3 Å². The molecule has 1 aromatic heterocycles. The van der Waals surface area contributed by atoms with Crippen LogP contribution in [0.1, 0.15) is 47.3 Å². The number of nitrogens with one attached hydrogen (secondary N) is 1. The number of thiophene rings is 1. The highest BCUT2D eigenvalue weighted by molar-refractivity contribution is 7.12. The van der Waals surface area contributed by atoms with E-state index in [-0.39, 0.29) is 23.5 Å². The average Bonchev–Trinajstić information content (AvgIpc) is 3.19. The first kappa shape index (κ1) is 17.9. The number of ketones is 1. The van der Waals surface area contributed by atoms with Gasteiger partial charge in [-0.3, -0.25) is 14.4 Å². The molecule has 2 aromatic rings. The van der Waals surface area contributed by atoms with Crippen molar-refractivity contribution in [2.45, 2.75) is 38.5 Å². The Morgan fingerprint density at radius 2 is 2.00 bits per heavy atom. The standard InChI is InChI=1S/C21H22N2O3S/c24-18(19-4-2-12-27-19)3-1-5-20(25)22-16-8-9-17-15(13-16)10-11-23(17)21(26)14-6-7-14/h2,4,8-9,12-14H,1,3,5-7,10-11H2,(H,22,25). The molecule has 5 nitrogen and oxygen atoms in total. The highest BCUT2D eigenvalue weighted by Crippen LogP contribution is 2.37. The van der Waals surface area contributed by atoms with Crippen molar-refractivity contribution in [1.82, 2.24) is 0 Å². The fourth-order valence-corrected chi connectivity index (χ4v) is 4.15. The molecular weight excluding hydrogens is 360 g/mol. The van der Waals surface area contributed by atoms with Gasteiger partial charge in [-0.25, -0.2) is 0 Å². The van der Waals surface area contributed by atoms with Crippen molar-refractivity contribution in [2.24, 2.45) is 5.92 Å². The number of hydrogen-bond acceptors (Lipinski definition) is 4. The number of hydrogen-bond donors (Lipinski definition) is 1. The molecule has 0 unspecified atom stereocenters. The van der Waals surface area contributed by atoms with Gasteiger partial charge in [0.15, 0.2) is 5.78 Å². The maximum Gasteiger partial charge on any atom is 0.230 e. The third-order valence-electron chi connectivity index (χ3n) is 5.06. The number of benzene rings is 1. The van der Waals surface area contributed by atoms with E-state index >= 15 is 0 Å². The summed E-state index contributed by atoms with van der Waals surface area (Å²) < 4.78 is 0. The Morgan fingerprint density at radius 1 is 1.15 bits per heavy atom. The summed E-state index contributed by atoms with van der Waals surface area (Å²) in [4.78, 5) is 39.1. The third-order valence-corrected chi connectivity index (χ3v) is 5.97. The van der Waals surface area contributed by atoms with Crippen LogP contribution in [0.25, 0.3) is 0 Å². The van der Waals surface area contributed by atoms with E-state index in [9.17, 15) is 14.4 Å². The van der Waals surface area contributed by atoms with E-state index in [1.54, 1.807) is 0 Å². The Hall–Kier alpha value is -2.47. The number of carbonyl (C=O) groups is 3. The fourth-order valence-electron chi connectivity index (χ4n) is 3.45. The van der Waals surface area contributed by atoms with Crippen LogP contribution in [0.5, 0.6) is 0 Å². The van der Waals surface area contributed by atoms with Gasteiger partial charge in [0.05, 0.1) is 4.88 Å². The van der Waals surface area contributed by atoms with Crippen LogP contribution >= 0.6 is 11.3 Å². The number of amides is 2. The van der Waals surface area contributed by atoms with Crippen LogP contribution in [0.4, 0.5) is 11.4 Å². The van der Waals surface area contributed by atoms with Gasteiger partial charge in [0.1, 0.15) is 0 Å². The number of anilines is 2. The lowest BCUT2D eigenvalue weighted by atomic mass is 10.1. The molecule has 1 aliphatic carbocycles. The molecule has 6 heteroatoms. The minimum absolute atomic E-state index is 0.0853. The number of Topliss-reactive ketones (excluding diaryl/α,β-unsaturated/α-hetero) is 1. The second-order valence-corrected chi connectivity index (χ2v) is 8.11. The van der Waals surface area contributed by atoms with E-state index in [1.807, 2.05) is 40.6 Å². The van der Waals surface area contributed by atoms with Gasteiger partial charge in [-0.1, -0.05) is 6.07 Å². The number of carbonyl (C=O) groups excluding carboxylic acids is 3. The molecular formula is C21H22N2O3S. The van der Waals surface area contributed by atoms with Crippen LogP contribution < -0.4 is 10.2 Å². The maximum absolute atomic E-state index is 12.3. The molecule has 0 saturated heterocycles. The van der Waals surface area contributed by atoms with Gasteiger partial charge in [0.25, 0.3) is 0 Å². The lowest BCUT2D eigenvalue weighted by Crippen LogP contribution is -2.30. The Bertz CT molecular complexity index is 872. The summed E-state index contributed by atoms with van der Waals surface area (Å²) in [5, 5.41) is 4.79. The summed E-state index contributed by atoms with van der Waals surface area (Å²) in [5.41, 5.74) is 2.84. The van der Waals surface area contributed by atoms with Crippen molar-refractivity contribution in [3.05, 3.63) is 46.2 Å². The monoisotopic (exact) mass is 382 g/mol. The summed E-state index contributed by atoms with van der Waals surface area (Å²) >= 11 is 1.43. The molecule has 27 heavy (non-hydrogen) atoms. The summed E-state index contributed by atoms with van der Waals surface area (Å²) in [7, 11) is 0. The zero-order valence-corrected chi connectivity index (χ0v) is 15.9. The predicted molar refractivity (Wildman–Crippen MR) is 106 cm³/mol. The molecule has 1 aromatic carbocycles.